The van der Waals surface area contributed by atoms with Crippen LogP contribution in [0, 0.1) is 11.7 Å². The minimum absolute atomic E-state index is 0.225. The maximum atomic E-state index is 13.0. The van der Waals surface area contributed by atoms with Gasteiger partial charge < -0.3 is 9.32 Å². The summed E-state index contributed by atoms with van der Waals surface area (Å²) < 4.78 is 18.8. The predicted molar refractivity (Wildman–Crippen MR) is 96.9 cm³/mol. The fourth-order valence-electron chi connectivity index (χ4n) is 4.47. The minimum Gasteiger partial charge on any atom is -0.441 e. The van der Waals surface area contributed by atoms with Crippen molar-refractivity contribution >= 4 is 5.91 Å². The van der Waals surface area contributed by atoms with Gasteiger partial charge in [-0.1, -0.05) is 12.8 Å². The van der Waals surface area contributed by atoms with Gasteiger partial charge in [-0.3, -0.25) is 4.79 Å². The number of benzene rings is 1. The predicted octanol–water partition coefficient (Wildman–Crippen LogP) is 4.59. The Bertz CT molecular complexity index is 754. The molecule has 0 spiro atoms. The third kappa shape index (κ3) is 3.67. The van der Waals surface area contributed by atoms with Crippen molar-refractivity contribution in [3.8, 4) is 11.3 Å². The van der Waals surface area contributed by atoms with E-state index in [-0.39, 0.29) is 11.7 Å². The maximum absolute atomic E-state index is 13.0. The molecular weight excluding hydrogens is 331 g/mol. The quantitative estimate of drug-likeness (QED) is 0.805. The van der Waals surface area contributed by atoms with Crippen LogP contribution in [0.3, 0.4) is 0 Å². The Labute approximate surface area is 153 Å². The first-order chi connectivity index (χ1) is 12.7. The number of aryl methyl sites for hydroxylation is 1. The second-order valence-corrected chi connectivity index (χ2v) is 7.47. The fraction of sp³-hybridized carbons (Fsp3) is 0.524. The summed E-state index contributed by atoms with van der Waals surface area (Å²) in [7, 11) is 0. The number of piperidine rings is 1. The number of aromatic nitrogens is 1. The summed E-state index contributed by atoms with van der Waals surface area (Å²) in [6.07, 6.45) is 9.97. The number of fused-ring (bicyclic) bond motifs is 1. The lowest BCUT2D eigenvalue weighted by atomic mass is 9.78. The summed E-state index contributed by atoms with van der Waals surface area (Å²) in [5, 5.41) is 0. The molecule has 0 bridgehead atoms. The van der Waals surface area contributed by atoms with Gasteiger partial charge in [0.15, 0.2) is 11.7 Å². The summed E-state index contributed by atoms with van der Waals surface area (Å²) in [6, 6.07) is 6.59. The van der Waals surface area contributed by atoms with E-state index in [0.29, 0.717) is 36.5 Å². The van der Waals surface area contributed by atoms with Crippen LogP contribution in [0.2, 0.25) is 0 Å². The molecule has 1 aliphatic carbocycles. The van der Waals surface area contributed by atoms with Gasteiger partial charge in [0.2, 0.25) is 5.91 Å². The Morgan fingerprint density at radius 1 is 1.15 bits per heavy atom. The van der Waals surface area contributed by atoms with Crippen molar-refractivity contribution < 1.29 is 13.6 Å². The third-order valence-electron chi connectivity index (χ3n) is 5.80. The molecule has 2 atom stereocenters. The van der Waals surface area contributed by atoms with E-state index in [0.717, 1.165) is 24.9 Å². The topological polar surface area (TPSA) is 46.3 Å². The molecule has 0 N–H and O–H groups in total. The number of carbonyl (C=O) groups excluding carboxylic acids is 1. The highest BCUT2D eigenvalue weighted by Gasteiger charge is 2.35. The van der Waals surface area contributed by atoms with Crippen LogP contribution in [-0.2, 0) is 11.2 Å². The zero-order chi connectivity index (χ0) is 17.9. The summed E-state index contributed by atoms with van der Waals surface area (Å²) in [4.78, 5) is 19.2. The van der Waals surface area contributed by atoms with Crippen LogP contribution in [0.25, 0.3) is 11.3 Å². The monoisotopic (exact) mass is 356 g/mol. The van der Waals surface area contributed by atoms with Crippen molar-refractivity contribution in [1.82, 2.24) is 9.88 Å². The van der Waals surface area contributed by atoms with Crippen molar-refractivity contribution in [1.29, 1.82) is 0 Å². The van der Waals surface area contributed by atoms with Crippen LogP contribution in [-0.4, -0.2) is 28.4 Å². The number of oxazole rings is 1. The molecule has 2 unspecified atom stereocenters. The third-order valence-corrected chi connectivity index (χ3v) is 5.80. The Morgan fingerprint density at radius 2 is 1.92 bits per heavy atom. The van der Waals surface area contributed by atoms with Crippen molar-refractivity contribution in [2.24, 2.45) is 5.92 Å². The highest BCUT2D eigenvalue weighted by Crippen LogP contribution is 2.35. The molecule has 1 aromatic heterocycles. The second-order valence-electron chi connectivity index (χ2n) is 7.47. The SMILES string of the molecule is O=C(CCc1ncc(-c2ccc(F)cc2)o1)N1CCCC2CCCCC21. The number of amides is 1. The van der Waals surface area contributed by atoms with E-state index in [1.54, 1.807) is 18.3 Å². The number of likely N-dealkylation sites (tertiary alicyclic amines) is 1. The van der Waals surface area contributed by atoms with Crippen LogP contribution < -0.4 is 0 Å². The molecule has 2 fully saturated rings. The lowest BCUT2D eigenvalue weighted by molar-refractivity contribution is -0.137. The van der Waals surface area contributed by atoms with Gasteiger partial charge in [0.25, 0.3) is 0 Å². The number of nitrogens with zero attached hydrogens (tertiary/aromatic N) is 2. The van der Waals surface area contributed by atoms with E-state index in [1.165, 1.54) is 37.8 Å². The molecule has 26 heavy (non-hydrogen) atoms. The van der Waals surface area contributed by atoms with Crippen LogP contribution in [0.15, 0.2) is 34.9 Å². The molecule has 1 aliphatic heterocycles. The van der Waals surface area contributed by atoms with Gasteiger partial charge in [-0.15, -0.1) is 0 Å². The lowest BCUT2D eigenvalue weighted by Gasteiger charge is -2.44. The average Bonchev–Trinajstić information content (AvgIpc) is 3.15. The molecule has 138 valence electrons. The molecule has 2 heterocycles. The van der Waals surface area contributed by atoms with E-state index in [2.05, 4.69) is 9.88 Å². The molecule has 2 aromatic rings. The molecule has 5 heteroatoms. The largest absolute Gasteiger partial charge is 0.441 e. The highest BCUT2D eigenvalue weighted by atomic mass is 19.1. The van der Waals surface area contributed by atoms with E-state index in [1.807, 2.05) is 0 Å². The van der Waals surface area contributed by atoms with Crippen LogP contribution >= 0.6 is 0 Å². The van der Waals surface area contributed by atoms with E-state index < -0.39 is 0 Å². The van der Waals surface area contributed by atoms with Gasteiger partial charge >= 0.3 is 0 Å². The van der Waals surface area contributed by atoms with Gasteiger partial charge in [0, 0.05) is 31.0 Å². The van der Waals surface area contributed by atoms with Gasteiger partial charge in [-0.2, -0.15) is 0 Å². The minimum atomic E-state index is -0.276. The molecule has 1 saturated carbocycles. The average molecular weight is 356 g/mol. The first-order valence-electron chi connectivity index (χ1n) is 9.71. The molecule has 4 rings (SSSR count). The van der Waals surface area contributed by atoms with Crippen molar-refractivity contribution in [2.75, 3.05) is 6.54 Å². The summed E-state index contributed by atoms with van der Waals surface area (Å²) >= 11 is 0. The summed E-state index contributed by atoms with van der Waals surface area (Å²) in [5.41, 5.74) is 0.789. The zero-order valence-electron chi connectivity index (χ0n) is 15.0. The fourth-order valence-corrected chi connectivity index (χ4v) is 4.47. The number of hydrogen-bond acceptors (Lipinski definition) is 3. The first-order valence-corrected chi connectivity index (χ1v) is 9.71. The van der Waals surface area contributed by atoms with Crippen molar-refractivity contribution in [3.05, 3.63) is 42.2 Å². The van der Waals surface area contributed by atoms with E-state index >= 15 is 0 Å². The van der Waals surface area contributed by atoms with Crippen molar-refractivity contribution in [3.63, 3.8) is 0 Å². The van der Waals surface area contributed by atoms with Crippen LogP contribution in [0.5, 0.6) is 0 Å². The van der Waals surface area contributed by atoms with Crippen molar-refractivity contribution in [2.45, 2.75) is 57.4 Å². The summed E-state index contributed by atoms with van der Waals surface area (Å²) in [5.74, 6) is 1.82. The van der Waals surface area contributed by atoms with Gasteiger partial charge in [0.05, 0.1) is 6.20 Å². The standard InChI is InChI=1S/C21H25FN2O2/c22-17-9-7-16(8-10-17)19-14-23-20(26-19)11-12-21(25)24-13-3-5-15-4-1-2-6-18(15)24/h7-10,14-15,18H,1-6,11-13H2. The van der Waals surface area contributed by atoms with Gasteiger partial charge in [0.1, 0.15) is 5.82 Å². The molecule has 1 aromatic carbocycles. The first kappa shape index (κ1) is 17.3. The number of halogens is 1. The van der Waals surface area contributed by atoms with Crippen LogP contribution in [0.4, 0.5) is 4.39 Å². The smallest absolute Gasteiger partial charge is 0.223 e. The molecular formula is C21H25FN2O2. The lowest BCUT2D eigenvalue weighted by Crippen LogP contribution is -2.49. The van der Waals surface area contributed by atoms with Crippen LogP contribution in [0.1, 0.15) is 50.8 Å². The summed E-state index contributed by atoms with van der Waals surface area (Å²) in [6.45, 7) is 0.895. The Hall–Kier alpha value is -2.17. The number of carbonyl (C=O) groups is 1. The maximum Gasteiger partial charge on any atom is 0.223 e. The Morgan fingerprint density at radius 3 is 2.77 bits per heavy atom. The molecule has 4 nitrogen and oxygen atoms in total. The molecule has 0 radical (unpaired) electrons. The number of rotatable bonds is 4. The number of hydrogen-bond donors (Lipinski definition) is 0. The van der Waals surface area contributed by atoms with E-state index in [4.69, 9.17) is 4.42 Å². The van der Waals surface area contributed by atoms with Gasteiger partial charge in [-0.25, -0.2) is 9.37 Å². The Kier molecular flexibility index (Phi) is 5.05. The Balaban J connectivity index is 1.36. The van der Waals surface area contributed by atoms with E-state index in [9.17, 15) is 9.18 Å². The van der Waals surface area contributed by atoms with Gasteiger partial charge in [-0.05, 0) is 55.9 Å². The normalized spacial score (nSPS) is 22.9. The molecule has 1 saturated heterocycles. The second kappa shape index (κ2) is 7.60. The zero-order valence-corrected chi connectivity index (χ0v) is 15.0. The molecule has 1 amide bonds. The highest BCUT2D eigenvalue weighted by molar-refractivity contribution is 5.77. The molecule has 2 aliphatic rings.